The molecular formula is C18H29N3O3S2. The van der Waals surface area contributed by atoms with Crippen molar-refractivity contribution in [3.05, 3.63) is 17.6 Å². The molecule has 0 radical (unpaired) electrons. The topological polar surface area (TPSA) is 80.2 Å². The average molecular weight is 400 g/mol. The number of sulfone groups is 1. The van der Waals surface area contributed by atoms with Crippen LogP contribution in [0.4, 0.5) is 0 Å². The number of thioether (sulfide) groups is 1. The first-order valence-electron chi connectivity index (χ1n) is 9.13. The molecule has 26 heavy (non-hydrogen) atoms. The fourth-order valence-corrected chi connectivity index (χ4v) is 5.65. The highest BCUT2D eigenvalue weighted by atomic mass is 32.2. The number of aryl methyl sites for hydroxylation is 1. The number of hydrogen-bond acceptors (Lipinski definition) is 6. The molecule has 1 aromatic heterocycles. The van der Waals surface area contributed by atoms with E-state index in [1.165, 1.54) is 11.8 Å². The van der Waals surface area contributed by atoms with Gasteiger partial charge in [0.2, 0.25) is 5.91 Å². The number of carbonyl (C=O) groups is 1. The van der Waals surface area contributed by atoms with Crippen LogP contribution >= 0.6 is 11.8 Å². The average Bonchev–Trinajstić information content (AvgIpc) is 2.91. The molecule has 1 fully saturated rings. The standard InChI is InChI=1S/C18H29N3O3S2/c1-6-14(5)21(15-7-8-26(23,24)11-15)17(22)10-25-16-9-13(4)19-18(20-16)12(2)3/h9,12,14-15H,6-8,10-11H2,1-5H3. The van der Waals surface area contributed by atoms with Crippen LogP contribution in [0.25, 0.3) is 0 Å². The van der Waals surface area contributed by atoms with Gasteiger partial charge in [0.15, 0.2) is 9.84 Å². The van der Waals surface area contributed by atoms with Gasteiger partial charge in [-0.3, -0.25) is 4.79 Å². The van der Waals surface area contributed by atoms with Gasteiger partial charge in [0, 0.05) is 23.7 Å². The van der Waals surface area contributed by atoms with Crippen molar-refractivity contribution >= 4 is 27.5 Å². The quantitative estimate of drug-likeness (QED) is 0.518. The van der Waals surface area contributed by atoms with E-state index in [-0.39, 0.29) is 41.2 Å². The van der Waals surface area contributed by atoms with Crippen molar-refractivity contribution in [1.82, 2.24) is 14.9 Å². The molecule has 0 spiro atoms. The Morgan fingerprint density at radius 2 is 2.04 bits per heavy atom. The number of hydrogen-bond donors (Lipinski definition) is 0. The molecule has 0 aromatic carbocycles. The molecule has 1 aliphatic heterocycles. The summed E-state index contributed by atoms with van der Waals surface area (Å²) in [6, 6.07) is 1.71. The second-order valence-corrected chi connectivity index (χ2v) is 10.5. The van der Waals surface area contributed by atoms with Crippen LogP contribution in [0.15, 0.2) is 11.1 Å². The summed E-state index contributed by atoms with van der Waals surface area (Å²) < 4.78 is 23.7. The van der Waals surface area contributed by atoms with E-state index in [9.17, 15) is 13.2 Å². The third-order valence-electron chi connectivity index (χ3n) is 4.66. The molecule has 2 heterocycles. The Kier molecular flexibility index (Phi) is 7.07. The maximum Gasteiger partial charge on any atom is 0.233 e. The number of aromatic nitrogens is 2. The monoisotopic (exact) mass is 399 g/mol. The van der Waals surface area contributed by atoms with Crippen molar-refractivity contribution in [3.63, 3.8) is 0 Å². The van der Waals surface area contributed by atoms with Gasteiger partial charge in [-0.1, -0.05) is 32.5 Å². The molecule has 1 saturated heterocycles. The summed E-state index contributed by atoms with van der Waals surface area (Å²) in [5.41, 5.74) is 0.888. The van der Waals surface area contributed by atoms with Crippen LogP contribution in [-0.2, 0) is 14.6 Å². The Balaban J connectivity index is 2.10. The van der Waals surface area contributed by atoms with Gasteiger partial charge < -0.3 is 4.90 Å². The molecule has 0 aliphatic carbocycles. The lowest BCUT2D eigenvalue weighted by Gasteiger charge is -2.33. The number of rotatable bonds is 7. The summed E-state index contributed by atoms with van der Waals surface area (Å²) in [6.07, 6.45) is 1.34. The third-order valence-corrected chi connectivity index (χ3v) is 7.31. The second kappa shape index (κ2) is 8.69. The maximum atomic E-state index is 12.9. The fourth-order valence-electron chi connectivity index (χ4n) is 3.10. The highest BCUT2D eigenvalue weighted by molar-refractivity contribution is 7.99. The van der Waals surface area contributed by atoms with E-state index in [0.717, 1.165) is 23.0 Å². The minimum Gasteiger partial charge on any atom is -0.335 e. The summed E-state index contributed by atoms with van der Waals surface area (Å²) >= 11 is 1.40. The molecule has 6 nitrogen and oxygen atoms in total. The minimum absolute atomic E-state index is 0.0196. The first-order chi connectivity index (χ1) is 12.1. The van der Waals surface area contributed by atoms with Crippen LogP contribution in [0.2, 0.25) is 0 Å². The zero-order valence-electron chi connectivity index (χ0n) is 16.2. The van der Waals surface area contributed by atoms with E-state index >= 15 is 0 Å². The Morgan fingerprint density at radius 3 is 2.58 bits per heavy atom. The van der Waals surface area contributed by atoms with E-state index in [1.807, 2.05) is 40.7 Å². The molecule has 146 valence electrons. The highest BCUT2D eigenvalue weighted by Crippen LogP contribution is 2.24. The van der Waals surface area contributed by atoms with E-state index in [0.29, 0.717) is 6.42 Å². The van der Waals surface area contributed by atoms with Gasteiger partial charge in [-0.25, -0.2) is 18.4 Å². The zero-order valence-corrected chi connectivity index (χ0v) is 17.9. The predicted octanol–water partition coefficient (Wildman–Crippen LogP) is 2.81. The summed E-state index contributed by atoms with van der Waals surface area (Å²) in [5.74, 6) is 1.50. The Labute approximate surface area is 161 Å². The number of nitrogens with zero attached hydrogens (tertiary/aromatic N) is 3. The van der Waals surface area contributed by atoms with Gasteiger partial charge in [0.25, 0.3) is 0 Å². The lowest BCUT2D eigenvalue weighted by Crippen LogP contribution is -2.47. The maximum absolute atomic E-state index is 12.9. The Morgan fingerprint density at radius 1 is 1.35 bits per heavy atom. The molecule has 1 amide bonds. The molecule has 2 rings (SSSR count). The molecule has 0 bridgehead atoms. The van der Waals surface area contributed by atoms with Gasteiger partial charge >= 0.3 is 0 Å². The summed E-state index contributed by atoms with van der Waals surface area (Å²) in [4.78, 5) is 23.6. The summed E-state index contributed by atoms with van der Waals surface area (Å²) in [5, 5.41) is 0.790. The molecule has 2 atom stereocenters. The lowest BCUT2D eigenvalue weighted by atomic mass is 10.1. The van der Waals surface area contributed by atoms with Crippen molar-refractivity contribution in [2.45, 2.75) is 70.5 Å². The van der Waals surface area contributed by atoms with Gasteiger partial charge in [0.05, 0.1) is 17.3 Å². The van der Waals surface area contributed by atoms with E-state index in [1.54, 1.807) is 4.90 Å². The molecule has 2 unspecified atom stereocenters. The largest absolute Gasteiger partial charge is 0.335 e. The van der Waals surface area contributed by atoms with E-state index < -0.39 is 9.84 Å². The Hall–Kier alpha value is -1.15. The first-order valence-corrected chi connectivity index (χ1v) is 11.9. The van der Waals surface area contributed by atoms with Crippen LogP contribution in [0.1, 0.15) is 58.0 Å². The van der Waals surface area contributed by atoms with Crippen molar-refractivity contribution < 1.29 is 13.2 Å². The molecule has 1 aliphatic rings. The van der Waals surface area contributed by atoms with Crippen molar-refractivity contribution in [3.8, 4) is 0 Å². The van der Waals surface area contributed by atoms with E-state index in [2.05, 4.69) is 9.97 Å². The first kappa shape index (κ1) is 21.2. The van der Waals surface area contributed by atoms with Crippen LogP contribution in [0, 0.1) is 6.92 Å². The van der Waals surface area contributed by atoms with Crippen molar-refractivity contribution in [2.75, 3.05) is 17.3 Å². The number of carbonyl (C=O) groups excluding carboxylic acids is 1. The van der Waals surface area contributed by atoms with Crippen molar-refractivity contribution in [1.29, 1.82) is 0 Å². The second-order valence-electron chi connectivity index (χ2n) is 7.26. The molecule has 0 saturated carbocycles. The summed E-state index contributed by atoms with van der Waals surface area (Å²) in [7, 11) is -3.02. The smallest absolute Gasteiger partial charge is 0.233 e. The van der Waals surface area contributed by atoms with Crippen molar-refractivity contribution in [2.24, 2.45) is 0 Å². The summed E-state index contributed by atoms with van der Waals surface area (Å²) in [6.45, 7) is 10.0. The Bertz CT molecular complexity index is 750. The van der Waals surface area contributed by atoms with E-state index in [4.69, 9.17) is 0 Å². The van der Waals surface area contributed by atoms with Gasteiger partial charge in [-0.05, 0) is 32.8 Å². The molecule has 1 aromatic rings. The molecule has 0 N–H and O–H groups in total. The zero-order chi connectivity index (χ0) is 19.5. The third kappa shape index (κ3) is 5.42. The lowest BCUT2D eigenvalue weighted by molar-refractivity contribution is -0.132. The molecular weight excluding hydrogens is 370 g/mol. The fraction of sp³-hybridized carbons (Fsp3) is 0.722. The predicted molar refractivity (Wildman–Crippen MR) is 105 cm³/mol. The van der Waals surface area contributed by atoms with Crippen LogP contribution in [0.3, 0.4) is 0 Å². The molecule has 8 heteroatoms. The van der Waals surface area contributed by atoms with Crippen LogP contribution < -0.4 is 0 Å². The normalized spacial score (nSPS) is 20.3. The highest BCUT2D eigenvalue weighted by Gasteiger charge is 2.36. The SMILES string of the molecule is CCC(C)N(C(=O)CSc1cc(C)nc(C(C)C)n1)C1CCS(=O)(=O)C1. The van der Waals surface area contributed by atoms with Gasteiger partial charge in [-0.15, -0.1) is 0 Å². The van der Waals surface area contributed by atoms with Gasteiger partial charge in [0.1, 0.15) is 10.9 Å². The van der Waals surface area contributed by atoms with Gasteiger partial charge in [-0.2, -0.15) is 0 Å². The minimum atomic E-state index is -3.02. The van der Waals surface area contributed by atoms with Crippen LogP contribution in [0.5, 0.6) is 0 Å². The number of amides is 1. The van der Waals surface area contributed by atoms with Crippen LogP contribution in [-0.4, -0.2) is 58.5 Å².